The maximum atomic E-state index is 6.58. The molecule has 0 radical (unpaired) electrons. The predicted molar refractivity (Wildman–Crippen MR) is 223 cm³/mol. The van der Waals surface area contributed by atoms with Crippen LogP contribution in [0.15, 0.2) is 199 Å². The number of furan rings is 1. The van der Waals surface area contributed by atoms with Crippen molar-refractivity contribution < 1.29 is 4.42 Å². The third-order valence-corrected chi connectivity index (χ3v) is 10.8. The van der Waals surface area contributed by atoms with Crippen LogP contribution in [-0.4, -0.2) is 4.57 Å². The summed E-state index contributed by atoms with van der Waals surface area (Å²) in [6.07, 6.45) is 0. The van der Waals surface area contributed by atoms with Crippen molar-refractivity contribution >= 4 is 82.4 Å². The molecule has 11 aromatic rings. The Labute approximate surface area is 306 Å². The largest absolute Gasteiger partial charge is 0.455 e. The first-order chi connectivity index (χ1) is 26.3. The van der Waals surface area contributed by atoms with Crippen LogP contribution in [0.3, 0.4) is 0 Å². The lowest BCUT2D eigenvalue weighted by Crippen LogP contribution is -2.11. The minimum absolute atomic E-state index is 0.879. The molecule has 53 heavy (non-hydrogen) atoms. The van der Waals surface area contributed by atoms with E-state index in [4.69, 9.17) is 4.42 Å². The van der Waals surface area contributed by atoms with Gasteiger partial charge in [0.1, 0.15) is 11.2 Å². The fraction of sp³-hybridized carbons (Fsp3) is 0. The third kappa shape index (κ3) is 4.61. The molecule has 0 unspecified atom stereocenters. The lowest BCUT2D eigenvalue weighted by molar-refractivity contribution is 0.672. The molecule has 0 aliphatic rings. The van der Waals surface area contributed by atoms with Crippen LogP contribution in [0.25, 0.3) is 82.1 Å². The van der Waals surface area contributed by atoms with Crippen molar-refractivity contribution in [3.8, 4) is 16.8 Å². The summed E-state index contributed by atoms with van der Waals surface area (Å²) in [5.74, 6) is 0. The maximum Gasteiger partial charge on any atom is 0.143 e. The number of benzene rings is 9. The number of nitrogens with zero attached hydrogens (tertiary/aromatic N) is 2. The topological polar surface area (TPSA) is 21.3 Å². The smallest absolute Gasteiger partial charge is 0.143 e. The van der Waals surface area contributed by atoms with E-state index >= 15 is 0 Å². The van der Waals surface area contributed by atoms with Crippen molar-refractivity contribution in [3.63, 3.8) is 0 Å². The Balaban J connectivity index is 1.20. The van der Waals surface area contributed by atoms with Gasteiger partial charge in [0, 0.05) is 49.4 Å². The van der Waals surface area contributed by atoms with Gasteiger partial charge < -0.3 is 13.9 Å². The maximum absolute atomic E-state index is 6.58. The molecule has 0 atom stereocenters. The summed E-state index contributed by atoms with van der Waals surface area (Å²) in [6, 6.07) is 69.8. The normalized spacial score (nSPS) is 11.8. The van der Waals surface area contributed by atoms with E-state index in [1.54, 1.807) is 0 Å². The van der Waals surface area contributed by atoms with E-state index in [1.807, 2.05) is 0 Å². The van der Waals surface area contributed by atoms with Crippen molar-refractivity contribution in [1.82, 2.24) is 4.57 Å². The van der Waals surface area contributed by atoms with Gasteiger partial charge in [-0.15, -0.1) is 0 Å². The number of anilines is 3. The Bertz CT molecular complexity index is 3170. The zero-order valence-corrected chi connectivity index (χ0v) is 28.8. The first-order valence-electron chi connectivity index (χ1n) is 18.1. The number of hydrogen-bond acceptors (Lipinski definition) is 2. The van der Waals surface area contributed by atoms with Crippen LogP contribution in [-0.2, 0) is 0 Å². The van der Waals surface area contributed by atoms with E-state index in [0.717, 1.165) is 55.6 Å². The molecule has 0 saturated carbocycles. The zero-order chi connectivity index (χ0) is 34.9. The second-order valence-corrected chi connectivity index (χ2v) is 13.7. The number of para-hydroxylation sites is 2. The lowest BCUT2D eigenvalue weighted by atomic mass is 9.96. The Morgan fingerprint density at radius 2 is 1.04 bits per heavy atom. The molecule has 0 bridgehead atoms. The van der Waals surface area contributed by atoms with Gasteiger partial charge in [0.15, 0.2) is 0 Å². The highest BCUT2D eigenvalue weighted by molar-refractivity contribution is 6.16. The van der Waals surface area contributed by atoms with Crippen molar-refractivity contribution in [3.05, 3.63) is 194 Å². The summed E-state index contributed by atoms with van der Waals surface area (Å²) >= 11 is 0. The van der Waals surface area contributed by atoms with Crippen molar-refractivity contribution in [1.29, 1.82) is 0 Å². The molecule has 0 aliphatic carbocycles. The summed E-state index contributed by atoms with van der Waals surface area (Å²) in [6.45, 7) is 0. The van der Waals surface area contributed by atoms with Crippen LogP contribution in [0, 0.1) is 0 Å². The van der Waals surface area contributed by atoms with E-state index in [1.165, 1.54) is 43.6 Å². The standard InChI is InChI=1S/C50H32N2O/c1-3-13-33(14-4-1)38-28-29-47(41-20-10-9-19-40(38)41)51(36-25-30-49-45(31-36)44-26-23-34-15-7-8-18-39(34)50(44)53-49)37-24-27-43-42-21-11-12-22-46(42)52(48(43)32-37)35-16-5-2-6-17-35/h1-32H. The van der Waals surface area contributed by atoms with Gasteiger partial charge in [-0.3, -0.25) is 0 Å². The zero-order valence-electron chi connectivity index (χ0n) is 28.8. The quantitative estimate of drug-likeness (QED) is 0.181. The Kier molecular flexibility index (Phi) is 6.55. The van der Waals surface area contributed by atoms with E-state index < -0.39 is 0 Å². The van der Waals surface area contributed by atoms with Gasteiger partial charge in [0.25, 0.3) is 0 Å². The minimum Gasteiger partial charge on any atom is -0.455 e. The summed E-state index contributed by atoms with van der Waals surface area (Å²) in [5, 5.41) is 9.36. The first kappa shape index (κ1) is 29.6. The SMILES string of the molecule is c1ccc(-c2ccc(N(c3ccc4oc5c6ccccc6ccc5c4c3)c3ccc4c5ccccc5n(-c5ccccc5)c4c3)c3ccccc23)cc1. The van der Waals surface area contributed by atoms with Gasteiger partial charge in [0.05, 0.1) is 16.7 Å². The first-order valence-corrected chi connectivity index (χ1v) is 18.1. The molecule has 11 rings (SSSR count). The van der Waals surface area contributed by atoms with Gasteiger partial charge in [-0.25, -0.2) is 0 Å². The van der Waals surface area contributed by atoms with Gasteiger partial charge in [-0.1, -0.05) is 133 Å². The molecule has 3 nitrogen and oxygen atoms in total. The highest BCUT2D eigenvalue weighted by atomic mass is 16.3. The monoisotopic (exact) mass is 676 g/mol. The molecule has 0 N–H and O–H groups in total. The Morgan fingerprint density at radius 1 is 0.396 bits per heavy atom. The third-order valence-electron chi connectivity index (χ3n) is 10.8. The van der Waals surface area contributed by atoms with Crippen LogP contribution >= 0.6 is 0 Å². The Hall–Kier alpha value is -7.10. The molecule has 0 fully saturated rings. The van der Waals surface area contributed by atoms with Gasteiger partial charge in [0.2, 0.25) is 0 Å². The van der Waals surface area contributed by atoms with E-state index in [9.17, 15) is 0 Å². The number of hydrogen-bond donors (Lipinski definition) is 0. The summed E-state index contributed by atoms with van der Waals surface area (Å²) < 4.78 is 8.97. The van der Waals surface area contributed by atoms with Crippen LogP contribution in [0.5, 0.6) is 0 Å². The predicted octanol–water partition coefficient (Wildman–Crippen LogP) is 14.1. The second kappa shape index (κ2) is 11.7. The molecular formula is C50H32N2O. The fourth-order valence-electron chi connectivity index (χ4n) is 8.36. The van der Waals surface area contributed by atoms with Crippen molar-refractivity contribution in [2.45, 2.75) is 0 Å². The van der Waals surface area contributed by atoms with Gasteiger partial charge in [-0.2, -0.15) is 0 Å². The highest BCUT2D eigenvalue weighted by Gasteiger charge is 2.21. The molecule has 9 aromatic carbocycles. The average Bonchev–Trinajstić information content (AvgIpc) is 3.77. The number of fused-ring (bicyclic) bond motifs is 9. The molecule has 248 valence electrons. The van der Waals surface area contributed by atoms with Crippen LogP contribution in [0.2, 0.25) is 0 Å². The minimum atomic E-state index is 0.879. The van der Waals surface area contributed by atoms with Gasteiger partial charge >= 0.3 is 0 Å². The van der Waals surface area contributed by atoms with E-state index in [2.05, 4.69) is 204 Å². The molecule has 0 saturated heterocycles. The second-order valence-electron chi connectivity index (χ2n) is 13.7. The Morgan fingerprint density at radius 3 is 1.89 bits per heavy atom. The molecular weight excluding hydrogens is 645 g/mol. The van der Waals surface area contributed by atoms with Crippen molar-refractivity contribution in [2.24, 2.45) is 0 Å². The molecule has 2 aromatic heterocycles. The number of rotatable bonds is 5. The van der Waals surface area contributed by atoms with E-state index in [0.29, 0.717) is 0 Å². The van der Waals surface area contributed by atoms with Crippen molar-refractivity contribution in [2.75, 3.05) is 4.90 Å². The summed E-state index contributed by atoms with van der Waals surface area (Å²) in [7, 11) is 0. The van der Waals surface area contributed by atoms with Gasteiger partial charge in [-0.05, 0) is 82.6 Å². The summed E-state index contributed by atoms with van der Waals surface area (Å²) in [5.41, 5.74) is 11.0. The fourth-order valence-corrected chi connectivity index (χ4v) is 8.36. The molecule has 0 amide bonds. The number of aromatic nitrogens is 1. The van der Waals surface area contributed by atoms with E-state index in [-0.39, 0.29) is 0 Å². The molecule has 0 aliphatic heterocycles. The highest BCUT2D eigenvalue weighted by Crippen LogP contribution is 2.45. The van der Waals surface area contributed by atoms with Crippen LogP contribution in [0.4, 0.5) is 17.1 Å². The lowest BCUT2D eigenvalue weighted by Gasteiger charge is -2.28. The molecule has 2 heterocycles. The van der Waals surface area contributed by atoms with Crippen LogP contribution < -0.4 is 4.90 Å². The molecule has 3 heteroatoms. The molecule has 0 spiro atoms. The summed E-state index contributed by atoms with van der Waals surface area (Å²) in [4.78, 5) is 2.42. The average molecular weight is 677 g/mol. The van der Waals surface area contributed by atoms with Crippen LogP contribution in [0.1, 0.15) is 0 Å².